The standard InChI is InChI=1S/C17H24N2O3S/c1-11-15(23-13(3)19-11)17(21)22-12(2)16(20)18-10-9-14-7-5-4-6-8-14/h7,12H,4-6,8-10H2,1-3H3,(H,18,20). The van der Waals surface area contributed by atoms with Crippen LogP contribution in [0.1, 0.15) is 59.4 Å². The zero-order chi connectivity index (χ0) is 16.8. The molecule has 6 heteroatoms. The summed E-state index contributed by atoms with van der Waals surface area (Å²) in [7, 11) is 0. The van der Waals surface area contributed by atoms with E-state index in [4.69, 9.17) is 4.74 Å². The van der Waals surface area contributed by atoms with Crippen LogP contribution < -0.4 is 5.32 Å². The van der Waals surface area contributed by atoms with E-state index in [-0.39, 0.29) is 5.91 Å². The lowest BCUT2D eigenvalue weighted by molar-refractivity contribution is -0.129. The van der Waals surface area contributed by atoms with Gasteiger partial charge < -0.3 is 10.1 Å². The molecule has 0 saturated carbocycles. The number of thiazole rings is 1. The summed E-state index contributed by atoms with van der Waals surface area (Å²) in [6.45, 7) is 5.79. The average Bonchev–Trinajstić information content (AvgIpc) is 2.87. The van der Waals surface area contributed by atoms with Gasteiger partial charge in [0.25, 0.3) is 5.91 Å². The minimum absolute atomic E-state index is 0.256. The Hall–Kier alpha value is -1.69. The smallest absolute Gasteiger partial charge is 0.351 e. The molecule has 1 aliphatic carbocycles. The van der Waals surface area contributed by atoms with E-state index in [2.05, 4.69) is 16.4 Å². The molecule has 0 aromatic carbocycles. The van der Waals surface area contributed by atoms with E-state index in [1.807, 2.05) is 6.92 Å². The first-order chi connectivity index (χ1) is 11.0. The number of nitrogens with one attached hydrogen (secondary N) is 1. The van der Waals surface area contributed by atoms with Crippen LogP contribution in [-0.2, 0) is 9.53 Å². The van der Waals surface area contributed by atoms with Crippen molar-refractivity contribution in [1.82, 2.24) is 10.3 Å². The number of ether oxygens (including phenoxy) is 1. The van der Waals surface area contributed by atoms with Crippen molar-refractivity contribution in [2.24, 2.45) is 0 Å². The van der Waals surface area contributed by atoms with Gasteiger partial charge in [0.15, 0.2) is 6.10 Å². The number of carbonyl (C=O) groups is 2. The number of esters is 1. The van der Waals surface area contributed by atoms with Crippen LogP contribution >= 0.6 is 11.3 Å². The number of amides is 1. The van der Waals surface area contributed by atoms with Crippen LogP contribution in [0.15, 0.2) is 11.6 Å². The van der Waals surface area contributed by atoms with Crippen LogP contribution in [-0.4, -0.2) is 29.5 Å². The maximum absolute atomic E-state index is 12.1. The summed E-state index contributed by atoms with van der Waals surface area (Å²) in [4.78, 5) is 28.8. The Labute approximate surface area is 141 Å². The highest BCUT2D eigenvalue weighted by Gasteiger charge is 2.22. The van der Waals surface area contributed by atoms with E-state index < -0.39 is 12.1 Å². The lowest BCUT2D eigenvalue weighted by atomic mass is 9.97. The van der Waals surface area contributed by atoms with Gasteiger partial charge in [0, 0.05) is 6.54 Å². The van der Waals surface area contributed by atoms with E-state index in [0.717, 1.165) is 24.3 Å². The second-order valence-electron chi connectivity index (χ2n) is 5.84. The fraction of sp³-hybridized carbons (Fsp3) is 0.588. The van der Waals surface area contributed by atoms with Gasteiger partial charge in [0.1, 0.15) is 4.88 Å². The molecule has 1 N–H and O–H groups in total. The molecule has 0 radical (unpaired) electrons. The zero-order valence-electron chi connectivity index (χ0n) is 14.0. The van der Waals surface area contributed by atoms with Crippen molar-refractivity contribution in [1.29, 1.82) is 0 Å². The molecule has 1 aliphatic rings. The average molecular weight is 336 g/mol. The Morgan fingerprint density at radius 1 is 1.39 bits per heavy atom. The highest BCUT2D eigenvalue weighted by Crippen LogP contribution is 2.20. The Kier molecular flexibility index (Phi) is 6.33. The van der Waals surface area contributed by atoms with Gasteiger partial charge in [-0.3, -0.25) is 4.79 Å². The van der Waals surface area contributed by atoms with Crippen LogP contribution in [0.3, 0.4) is 0 Å². The van der Waals surface area contributed by atoms with Gasteiger partial charge >= 0.3 is 5.97 Å². The molecule has 126 valence electrons. The molecule has 0 fully saturated rings. The maximum atomic E-state index is 12.1. The number of allylic oxidation sites excluding steroid dienone is 1. The monoisotopic (exact) mass is 336 g/mol. The molecule has 23 heavy (non-hydrogen) atoms. The Morgan fingerprint density at radius 3 is 2.78 bits per heavy atom. The summed E-state index contributed by atoms with van der Waals surface area (Å²) in [6, 6.07) is 0. The lowest BCUT2D eigenvalue weighted by Gasteiger charge is -2.15. The van der Waals surface area contributed by atoms with E-state index in [1.165, 1.54) is 29.8 Å². The van der Waals surface area contributed by atoms with Crippen LogP contribution in [0.4, 0.5) is 0 Å². The summed E-state index contributed by atoms with van der Waals surface area (Å²) < 4.78 is 5.24. The van der Waals surface area contributed by atoms with Crippen molar-refractivity contribution in [2.45, 2.75) is 59.0 Å². The molecular formula is C17H24N2O3S. The molecule has 1 amide bonds. The van der Waals surface area contributed by atoms with Crippen molar-refractivity contribution in [3.63, 3.8) is 0 Å². The first-order valence-corrected chi connectivity index (χ1v) is 8.89. The Bertz CT molecular complexity index is 607. The van der Waals surface area contributed by atoms with Crippen molar-refractivity contribution >= 4 is 23.2 Å². The van der Waals surface area contributed by atoms with Crippen molar-refractivity contribution in [3.05, 3.63) is 27.2 Å². The van der Waals surface area contributed by atoms with Gasteiger partial charge in [-0.05, 0) is 52.9 Å². The van der Waals surface area contributed by atoms with Crippen LogP contribution in [0, 0.1) is 13.8 Å². The van der Waals surface area contributed by atoms with Gasteiger partial charge in [0.05, 0.1) is 10.7 Å². The van der Waals surface area contributed by atoms with E-state index in [0.29, 0.717) is 17.1 Å². The van der Waals surface area contributed by atoms with Gasteiger partial charge in [-0.1, -0.05) is 11.6 Å². The number of hydrogen-bond donors (Lipinski definition) is 1. The largest absolute Gasteiger partial charge is 0.448 e. The van der Waals surface area contributed by atoms with Gasteiger partial charge in [-0.2, -0.15) is 0 Å². The quantitative estimate of drug-likeness (QED) is 0.639. The number of hydrogen-bond acceptors (Lipinski definition) is 5. The predicted molar refractivity (Wildman–Crippen MR) is 90.6 cm³/mol. The molecule has 2 rings (SSSR count). The highest BCUT2D eigenvalue weighted by atomic mass is 32.1. The fourth-order valence-electron chi connectivity index (χ4n) is 2.61. The molecule has 0 bridgehead atoms. The fourth-order valence-corrected chi connectivity index (χ4v) is 3.41. The number of rotatable bonds is 6. The lowest BCUT2D eigenvalue weighted by Crippen LogP contribution is -2.36. The number of aryl methyl sites for hydroxylation is 2. The molecule has 5 nitrogen and oxygen atoms in total. The summed E-state index contributed by atoms with van der Waals surface area (Å²) >= 11 is 1.29. The van der Waals surface area contributed by atoms with E-state index in [9.17, 15) is 9.59 Å². The summed E-state index contributed by atoms with van der Waals surface area (Å²) in [6.07, 6.45) is 7.12. The number of nitrogens with zero attached hydrogens (tertiary/aromatic N) is 1. The van der Waals surface area contributed by atoms with Crippen molar-refractivity contribution < 1.29 is 14.3 Å². The molecule has 1 unspecified atom stereocenters. The van der Waals surface area contributed by atoms with Gasteiger partial charge in [0.2, 0.25) is 0 Å². The normalized spacial score (nSPS) is 15.7. The molecule has 0 spiro atoms. The molecule has 1 aromatic rings. The third-order valence-electron chi connectivity index (χ3n) is 3.87. The molecule has 0 aliphatic heterocycles. The Balaban J connectivity index is 1.77. The summed E-state index contributed by atoms with van der Waals surface area (Å²) in [5, 5.41) is 3.65. The highest BCUT2D eigenvalue weighted by molar-refractivity contribution is 7.13. The van der Waals surface area contributed by atoms with E-state index >= 15 is 0 Å². The van der Waals surface area contributed by atoms with Crippen molar-refractivity contribution in [2.75, 3.05) is 6.54 Å². The second-order valence-corrected chi connectivity index (χ2v) is 7.05. The predicted octanol–water partition coefficient (Wildman–Crippen LogP) is 3.31. The number of aromatic nitrogens is 1. The van der Waals surface area contributed by atoms with Crippen LogP contribution in [0.2, 0.25) is 0 Å². The maximum Gasteiger partial charge on any atom is 0.351 e. The molecule has 1 heterocycles. The van der Waals surface area contributed by atoms with Gasteiger partial charge in [-0.15, -0.1) is 11.3 Å². The number of carbonyl (C=O) groups excluding carboxylic acids is 2. The third kappa shape index (κ3) is 5.16. The van der Waals surface area contributed by atoms with Crippen LogP contribution in [0.5, 0.6) is 0 Å². The van der Waals surface area contributed by atoms with Crippen molar-refractivity contribution in [3.8, 4) is 0 Å². The first-order valence-electron chi connectivity index (χ1n) is 8.08. The van der Waals surface area contributed by atoms with E-state index in [1.54, 1.807) is 13.8 Å². The topological polar surface area (TPSA) is 68.3 Å². The Morgan fingerprint density at radius 2 is 2.17 bits per heavy atom. The summed E-state index contributed by atoms with van der Waals surface area (Å²) in [5.74, 6) is -0.737. The minimum atomic E-state index is -0.801. The molecule has 0 saturated heterocycles. The molecule has 1 aromatic heterocycles. The van der Waals surface area contributed by atoms with Gasteiger partial charge in [-0.25, -0.2) is 9.78 Å². The third-order valence-corrected chi connectivity index (χ3v) is 4.93. The SMILES string of the molecule is Cc1nc(C)c(C(=O)OC(C)C(=O)NCCC2=CCCCC2)s1. The molecule has 1 atom stereocenters. The van der Waals surface area contributed by atoms with Crippen LogP contribution in [0.25, 0.3) is 0 Å². The summed E-state index contributed by atoms with van der Waals surface area (Å²) in [5.41, 5.74) is 2.06. The molecular weight excluding hydrogens is 312 g/mol. The second kappa shape index (κ2) is 8.24. The minimum Gasteiger partial charge on any atom is -0.448 e. The zero-order valence-corrected chi connectivity index (χ0v) is 14.8. The first kappa shape index (κ1) is 17.7.